The van der Waals surface area contributed by atoms with Crippen molar-refractivity contribution in [1.82, 2.24) is 15.1 Å². The predicted octanol–water partition coefficient (Wildman–Crippen LogP) is 4.62. The van der Waals surface area contributed by atoms with Gasteiger partial charge in [0, 0.05) is 11.3 Å². The fraction of sp³-hybridized carbons (Fsp3) is 0.238. The Bertz CT molecular complexity index is 972. The van der Waals surface area contributed by atoms with Crippen LogP contribution in [0.1, 0.15) is 31.1 Å². The highest BCUT2D eigenvalue weighted by molar-refractivity contribution is 6.32. The minimum atomic E-state index is -0.713. The first-order valence-corrected chi connectivity index (χ1v) is 9.26. The van der Waals surface area contributed by atoms with Crippen LogP contribution in [0.5, 0.6) is 5.75 Å². The maximum atomic E-state index is 13.1. The minimum absolute atomic E-state index is 0.263. The lowest BCUT2D eigenvalue weighted by Gasteiger charge is -2.19. The quantitative estimate of drug-likeness (QED) is 0.655. The number of aromatic nitrogens is 2. The first kappa shape index (κ1) is 19.9. The highest BCUT2D eigenvalue weighted by Crippen LogP contribution is 2.25. The molecule has 2 unspecified atom stereocenters. The van der Waals surface area contributed by atoms with Gasteiger partial charge in [0.2, 0.25) is 0 Å². The Balaban J connectivity index is 1.69. The SMILES string of the molecule is Cc1c(C(C)NC(=O)C(C)Oc2ccccc2Cl)cnn1-c1ccc(F)cc1. The number of nitrogens with zero attached hydrogens (tertiary/aromatic N) is 2. The maximum absolute atomic E-state index is 13.1. The summed E-state index contributed by atoms with van der Waals surface area (Å²) in [7, 11) is 0. The van der Waals surface area contributed by atoms with E-state index in [1.54, 1.807) is 54.2 Å². The Labute approximate surface area is 168 Å². The Kier molecular flexibility index (Phi) is 5.99. The Morgan fingerprint density at radius 3 is 2.54 bits per heavy atom. The lowest BCUT2D eigenvalue weighted by Crippen LogP contribution is -2.37. The summed E-state index contributed by atoms with van der Waals surface area (Å²) >= 11 is 6.07. The molecule has 0 radical (unpaired) electrons. The topological polar surface area (TPSA) is 56.1 Å². The molecule has 0 aliphatic carbocycles. The molecule has 1 amide bonds. The Hall–Kier alpha value is -2.86. The van der Waals surface area contributed by atoms with Gasteiger partial charge in [0.1, 0.15) is 11.6 Å². The fourth-order valence-electron chi connectivity index (χ4n) is 2.88. The summed E-state index contributed by atoms with van der Waals surface area (Å²) in [6, 6.07) is 12.8. The van der Waals surface area contributed by atoms with Crippen molar-refractivity contribution in [2.24, 2.45) is 0 Å². The fourth-order valence-corrected chi connectivity index (χ4v) is 3.06. The molecule has 1 aromatic heterocycles. The van der Waals surface area contributed by atoms with Crippen molar-refractivity contribution >= 4 is 17.5 Å². The largest absolute Gasteiger partial charge is 0.479 e. The zero-order chi connectivity index (χ0) is 20.3. The van der Waals surface area contributed by atoms with E-state index in [1.165, 1.54) is 12.1 Å². The van der Waals surface area contributed by atoms with Crippen LogP contribution >= 0.6 is 11.6 Å². The van der Waals surface area contributed by atoms with E-state index in [0.29, 0.717) is 10.8 Å². The standard InChI is InChI=1S/C21H21ClFN3O2/c1-13(25-21(27)15(3)28-20-7-5-4-6-19(20)22)18-12-24-26(14(18)2)17-10-8-16(23)9-11-17/h4-13,15H,1-3H3,(H,25,27). The minimum Gasteiger partial charge on any atom is -0.479 e. The highest BCUT2D eigenvalue weighted by Gasteiger charge is 2.21. The molecule has 0 fully saturated rings. The zero-order valence-corrected chi connectivity index (χ0v) is 16.6. The molecule has 28 heavy (non-hydrogen) atoms. The second-order valence-electron chi connectivity index (χ2n) is 6.49. The number of ether oxygens (including phenoxy) is 1. The molecule has 1 heterocycles. The van der Waals surface area contributed by atoms with Gasteiger partial charge in [-0.05, 0) is 57.2 Å². The van der Waals surface area contributed by atoms with Crippen molar-refractivity contribution in [2.45, 2.75) is 32.9 Å². The summed E-state index contributed by atoms with van der Waals surface area (Å²) in [5.41, 5.74) is 2.47. The van der Waals surface area contributed by atoms with E-state index in [9.17, 15) is 9.18 Å². The number of halogens is 2. The van der Waals surface area contributed by atoms with Gasteiger partial charge in [-0.3, -0.25) is 4.79 Å². The number of carbonyl (C=O) groups is 1. The maximum Gasteiger partial charge on any atom is 0.261 e. The molecule has 0 spiro atoms. The molecule has 2 atom stereocenters. The average Bonchev–Trinajstić information content (AvgIpc) is 3.05. The van der Waals surface area contributed by atoms with Crippen LogP contribution in [-0.4, -0.2) is 21.8 Å². The van der Waals surface area contributed by atoms with Crippen LogP contribution in [0.4, 0.5) is 4.39 Å². The molecule has 0 saturated heterocycles. The third-order valence-electron chi connectivity index (χ3n) is 4.45. The van der Waals surface area contributed by atoms with E-state index >= 15 is 0 Å². The van der Waals surface area contributed by atoms with Crippen LogP contribution in [0.3, 0.4) is 0 Å². The van der Waals surface area contributed by atoms with Gasteiger partial charge in [0.05, 0.1) is 22.9 Å². The molecule has 2 aromatic carbocycles. The van der Waals surface area contributed by atoms with Crippen molar-refractivity contribution < 1.29 is 13.9 Å². The average molecular weight is 402 g/mol. The van der Waals surface area contributed by atoms with Gasteiger partial charge in [-0.15, -0.1) is 0 Å². The van der Waals surface area contributed by atoms with Gasteiger partial charge < -0.3 is 10.1 Å². The van der Waals surface area contributed by atoms with Crippen LogP contribution in [0.15, 0.2) is 54.7 Å². The van der Waals surface area contributed by atoms with Crippen molar-refractivity contribution in [3.05, 3.63) is 76.8 Å². The molecule has 0 aliphatic rings. The van der Waals surface area contributed by atoms with Crippen LogP contribution in [0, 0.1) is 12.7 Å². The van der Waals surface area contributed by atoms with Gasteiger partial charge in [0.15, 0.2) is 6.10 Å². The molecule has 7 heteroatoms. The molecule has 0 saturated carbocycles. The summed E-state index contributed by atoms with van der Waals surface area (Å²) in [6.07, 6.45) is 0.984. The number of benzene rings is 2. The van der Waals surface area contributed by atoms with Crippen LogP contribution < -0.4 is 10.1 Å². The molecule has 5 nitrogen and oxygen atoms in total. The number of nitrogens with one attached hydrogen (secondary N) is 1. The predicted molar refractivity (Wildman–Crippen MR) is 106 cm³/mol. The molecule has 3 aromatic rings. The molecule has 3 rings (SSSR count). The summed E-state index contributed by atoms with van der Waals surface area (Å²) < 4.78 is 20.5. The van der Waals surface area contributed by atoms with Crippen LogP contribution in [0.25, 0.3) is 5.69 Å². The number of amides is 1. The summed E-state index contributed by atoms with van der Waals surface area (Å²) in [4.78, 5) is 12.5. The van der Waals surface area contributed by atoms with Crippen molar-refractivity contribution in [2.75, 3.05) is 0 Å². The summed E-state index contributed by atoms with van der Waals surface area (Å²) in [6.45, 7) is 5.44. The van der Waals surface area contributed by atoms with Gasteiger partial charge in [-0.25, -0.2) is 9.07 Å². The monoisotopic (exact) mass is 401 g/mol. The number of rotatable bonds is 6. The van der Waals surface area contributed by atoms with Crippen molar-refractivity contribution in [1.29, 1.82) is 0 Å². The number of para-hydroxylation sites is 1. The van der Waals surface area contributed by atoms with Gasteiger partial charge in [0.25, 0.3) is 5.91 Å². The first-order chi connectivity index (χ1) is 13.4. The molecular formula is C21H21ClFN3O2. The lowest BCUT2D eigenvalue weighted by molar-refractivity contribution is -0.127. The molecular weight excluding hydrogens is 381 g/mol. The Morgan fingerprint density at radius 2 is 1.86 bits per heavy atom. The second-order valence-corrected chi connectivity index (χ2v) is 6.90. The lowest BCUT2D eigenvalue weighted by atomic mass is 10.1. The third kappa shape index (κ3) is 4.34. The zero-order valence-electron chi connectivity index (χ0n) is 15.8. The number of hydrogen-bond donors (Lipinski definition) is 1. The van der Waals surface area contributed by atoms with Gasteiger partial charge in [-0.1, -0.05) is 23.7 Å². The van der Waals surface area contributed by atoms with E-state index < -0.39 is 6.10 Å². The van der Waals surface area contributed by atoms with Crippen LogP contribution in [-0.2, 0) is 4.79 Å². The van der Waals surface area contributed by atoms with Gasteiger partial charge in [-0.2, -0.15) is 5.10 Å². The molecule has 1 N–H and O–H groups in total. The van der Waals surface area contributed by atoms with E-state index in [0.717, 1.165) is 16.9 Å². The summed E-state index contributed by atoms with van der Waals surface area (Å²) in [5.74, 6) is -0.108. The highest BCUT2D eigenvalue weighted by atomic mass is 35.5. The van der Waals surface area contributed by atoms with Crippen molar-refractivity contribution in [3.63, 3.8) is 0 Å². The first-order valence-electron chi connectivity index (χ1n) is 8.89. The van der Waals surface area contributed by atoms with E-state index in [1.807, 2.05) is 13.8 Å². The van der Waals surface area contributed by atoms with E-state index in [2.05, 4.69) is 10.4 Å². The molecule has 0 aliphatic heterocycles. The molecule has 0 bridgehead atoms. The second kappa shape index (κ2) is 8.44. The Morgan fingerprint density at radius 1 is 1.18 bits per heavy atom. The summed E-state index contributed by atoms with van der Waals surface area (Å²) in [5, 5.41) is 7.74. The third-order valence-corrected chi connectivity index (χ3v) is 4.77. The number of carbonyl (C=O) groups excluding carboxylic acids is 1. The molecule has 146 valence electrons. The smallest absolute Gasteiger partial charge is 0.261 e. The number of hydrogen-bond acceptors (Lipinski definition) is 3. The van der Waals surface area contributed by atoms with Crippen molar-refractivity contribution in [3.8, 4) is 11.4 Å². The van der Waals surface area contributed by atoms with Gasteiger partial charge >= 0.3 is 0 Å². The van der Waals surface area contributed by atoms with Crippen LogP contribution in [0.2, 0.25) is 5.02 Å². The normalized spacial score (nSPS) is 13.0. The van der Waals surface area contributed by atoms with E-state index in [-0.39, 0.29) is 17.8 Å². The van der Waals surface area contributed by atoms with E-state index in [4.69, 9.17) is 16.3 Å².